The van der Waals surface area contributed by atoms with Crippen LogP contribution in [0.3, 0.4) is 0 Å². The minimum atomic E-state index is -3.41. The molecule has 0 fully saturated rings. The van der Waals surface area contributed by atoms with Crippen molar-refractivity contribution < 1.29 is 8.42 Å². The normalized spacial score (nSPS) is 11.4. The van der Waals surface area contributed by atoms with E-state index in [1.54, 1.807) is 13.8 Å². The predicted molar refractivity (Wildman–Crippen MR) is 52.8 cm³/mol. The van der Waals surface area contributed by atoms with E-state index >= 15 is 0 Å². The number of aryl methyl sites for hydroxylation is 1. The van der Waals surface area contributed by atoms with Crippen LogP contribution >= 0.6 is 0 Å². The molecule has 0 saturated heterocycles. The Bertz CT molecular complexity index is 503. The Balaban J connectivity index is 3.21. The first-order valence-electron chi connectivity index (χ1n) is 3.85. The zero-order valence-electron chi connectivity index (χ0n) is 8.08. The van der Waals surface area contributed by atoms with Crippen molar-refractivity contribution in [1.82, 2.24) is 9.97 Å². The van der Waals surface area contributed by atoms with Crippen LogP contribution in [0.5, 0.6) is 0 Å². The van der Waals surface area contributed by atoms with Crippen molar-refractivity contribution in [1.29, 1.82) is 0 Å². The van der Waals surface area contributed by atoms with E-state index in [1.165, 1.54) is 0 Å². The van der Waals surface area contributed by atoms with E-state index in [0.29, 0.717) is 11.3 Å². The molecule has 1 heterocycles. The molecule has 0 aromatic carbocycles. The molecule has 0 amide bonds. The van der Waals surface area contributed by atoms with Crippen LogP contribution in [0.25, 0.3) is 0 Å². The summed E-state index contributed by atoms with van der Waals surface area (Å²) in [5.41, 5.74) is 0.632. The quantitative estimate of drug-likeness (QED) is 0.715. The fourth-order valence-electron chi connectivity index (χ4n) is 0.869. The molecular weight excluding hydrogens is 206 g/mol. The zero-order chi connectivity index (χ0) is 10.9. The highest BCUT2D eigenvalue weighted by Gasteiger charge is 2.07. The van der Waals surface area contributed by atoms with Gasteiger partial charge in [-0.1, -0.05) is 0 Å². The molecule has 14 heavy (non-hydrogen) atoms. The highest BCUT2D eigenvalue weighted by Crippen LogP contribution is 2.01. The Labute approximate surface area is 81.4 Å². The van der Waals surface area contributed by atoms with Gasteiger partial charge in [0.1, 0.15) is 0 Å². The lowest BCUT2D eigenvalue weighted by Crippen LogP contribution is -2.19. The van der Waals surface area contributed by atoms with Crippen LogP contribution in [0, 0.1) is 13.8 Å². The van der Waals surface area contributed by atoms with Gasteiger partial charge in [0, 0.05) is 11.3 Å². The van der Waals surface area contributed by atoms with Gasteiger partial charge in [-0.25, -0.2) is 13.4 Å². The molecule has 0 unspecified atom stereocenters. The number of hydrogen-bond acceptors (Lipinski definition) is 4. The molecule has 1 aromatic rings. The maximum atomic E-state index is 11.2. The second kappa shape index (κ2) is 3.41. The molecule has 0 saturated carbocycles. The lowest BCUT2D eigenvalue weighted by Gasteiger charge is -2.04. The average Bonchev–Trinajstić information content (AvgIpc) is 1.96. The second-order valence-electron chi connectivity index (χ2n) is 3.00. The number of nitrogens with one attached hydrogen (secondary N) is 2. The summed E-state index contributed by atoms with van der Waals surface area (Å²) in [4.78, 5) is 17.4. The number of sulfonamides is 1. The summed E-state index contributed by atoms with van der Waals surface area (Å²) in [5.74, 6) is -0.0550. The van der Waals surface area contributed by atoms with Crippen molar-refractivity contribution in [3.63, 3.8) is 0 Å². The fourth-order valence-corrected chi connectivity index (χ4v) is 1.32. The van der Waals surface area contributed by atoms with Crippen molar-refractivity contribution >= 4 is 16.0 Å². The minimum absolute atomic E-state index is 0.0550. The Hall–Kier alpha value is -1.37. The molecule has 0 aliphatic rings. The lowest BCUT2D eigenvalue weighted by atomic mass is 10.3. The fraction of sp³-hybridized carbons (Fsp3) is 0.429. The summed E-state index contributed by atoms with van der Waals surface area (Å²) in [6.07, 6.45) is 0.988. The number of hydrogen-bond donors (Lipinski definition) is 2. The summed E-state index contributed by atoms with van der Waals surface area (Å²) < 4.78 is 23.8. The van der Waals surface area contributed by atoms with Crippen LogP contribution in [0.4, 0.5) is 5.95 Å². The van der Waals surface area contributed by atoms with E-state index in [2.05, 4.69) is 14.7 Å². The highest BCUT2D eigenvalue weighted by molar-refractivity contribution is 7.91. The van der Waals surface area contributed by atoms with Crippen LogP contribution < -0.4 is 10.3 Å². The van der Waals surface area contributed by atoms with E-state index < -0.39 is 10.0 Å². The largest absolute Gasteiger partial charge is 0.292 e. The van der Waals surface area contributed by atoms with Crippen molar-refractivity contribution in [3.05, 3.63) is 21.6 Å². The molecule has 0 spiro atoms. The molecular formula is C7H11N3O3S. The smallest absolute Gasteiger partial charge is 0.255 e. The van der Waals surface area contributed by atoms with E-state index in [1.807, 2.05) is 0 Å². The van der Waals surface area contributed by atoms with Crippen molar-refractivity contribution in [2.45, 2.75) is 13.8 Å². The molecule has 2 N–H and O–H groups in total. The highest BCUT2D eigenvalue weighted by atomic mass is 32.2. The Morgan fingerprint density at radius 3 is 2.36 bits per heavy atom. The van der Waals surface area contributed by atoms with Crippen molar-refractivity contribution in [2.75, 3.05) is 11.0 Å². The summed E-state index contributed by atoms with van der Waals surface area (Å²) >= 11 is 0. The summed E-state index contributed by atoms with van der Waals surface area (Å²) in [6, 6.07) is 0. The van der Waals surface area contributed by atoms with E-state index in [0.717, 1.165) is 6.26 Å². The number of rotatable bonds is 2. The maximum absolute atomic E-state index is 11.2. The van der Waals surface area contributed by atoms with Crippen LogP contribution in [0.2, 0.25) is 0 Å². The Morgan fingerprint density at radius 2 is 1.93 bits per heavy atom. The van der Waals surface area contributed by atoms with Crippen molar-refractivity contribution in [2.24, 2.45) is 0 Å². The third-order valence-corrected chi connectivity index (χ3v) is 2.24. The van der Waals surface area contributed by atoms with E-state index in [-0.39, 0.29) is 11.5 Å². The first-order valence-corrected chi connectivity index (χ1v) is 5.74. The Morgan fingerprint density at radius 1 is 1.36 bits per heavy atom. The lowest BCUT2D eigenvalue weighted by molar-refractivity contribution is 0.606. The molecule has 0 aliphatic heterocycles. The predicted octanol–water partition coefficient (Wildman–Crippen LogP) is -0.242. The average molecular weight is 217 g/mol. The molecule has 1 aromatic heterocycles. The summed E-state index contributed by atoms with van der Waals surface area (Å²) in [7, 11) is -3.41. The molecule has 0 aliphatic carbocycles. The van der Waals surface area contributed by atoms with E-state index in [9.17, 15) is 13.2 Å². The summed E-state index contributed by atoms with van der Waals surface area (Å²) in [5, 5.41) is 0. The number of H-pyrrole nitrogens is 1. The first kappa shape index (κ1) is 10.7. The van der Waals surface area contributed by atoms with Gasteiger partial charge in [0.05, 0.1) is 6.26 Å². The first-order chi connectivity index (χ1) is 6.29. The van der Waals surface area contributed by atoms with Gasteiger partial charge in [0.25, 0.3) is 5.56 Å². The van der Waals surface area contributed by atoms with Crippen LogP contribution in [-0.4, -0.2) is 24.6 Å². The van der Waals surface area contributed by atoms with Gasteiger partial charge in [-0.2, -0.15) is 0 Å². The van der Waals surface area contributed by atoms with Crippen molar-refractivity contribution in [3.8, 4) is 0 Å². The minimum Gasteiger partial charge on any atom is -0.292 e. The van der Waals surface area contributed by atoms with Gasteiger partial charge in [-0.3, -0.25) is 14.5 Å². The number of nitrogens with zero attached hydrogens (tertiary/aromatic N) is 1. The molecule has 0 radical (unpaired) electrons. The third kappa shape index (κ3) is 2.56. The van der Waals surface area contributed by atoms with Gasteiger partial charge < -0.3 is 0 Å². The standard InChI is InChI=1S/C7H11N3O3S/c1-4-5(2)8-7(9-6(4)11)10-14(3,12)13/h1-3H3,(H2,8,9,10,11). The number of anilines is 1. The number of aromatic amines is 1. The zero-order valence-corrected chi connectivity index (χ0v) is 8.90. The number of aromatic nitrogens is 2. The summed E-state index contributed by atoms with van der Waals surface area (Å²) in [6.45, 7) is 3.25. The van der Waals surface area contributed by atoms with Gasteiger partial charge in [0.2, 0.25) is 16.0 Å². The van der Waals surface area contributed by atoms with Gasteiger partial charge >= 0.3 is 0 Å². The molecule has 6 nitrogen and oxygen atoms in total. The van der Waals surface area contributed by atoms with Crippen LogP contribution in [0.15, 0.2) is 4.79 Å². The third-order valence-electron chi connectivity index (χ3n) is 1.68. The van der Waals surface area contributed by atoms with Gasteiger partial charge in [0.15, 0.2) is 0 Å². The monoisotopic (exact) mass is 217 g/mol. The molecule has 0 bridgehead atoms. The van der Waals surface area contributed by atoms with Gasteiger partial charge in [-0.05, 0) is 13.8 Å². The molecule has 78 valence electrons. The SMILES string of the molecule is Cc1nc(NS(C)(=O)=O)[nH]c(=O)c1C. The van der Waals surface area contributed by atoms with Gasteiger partial charge in [-0.15, -0.1) is 0 Å². The van der Waals surface area contributed by atoms with Crippen LogP contribution in [0.1, 0.15) is 11.3 Å². The Kier molecular flexibility index (Phi) is 2.61. The topological polar surface area (TPSA) is 91.9 Å². The van der Waals surface area contributed by atoms with Crippen LogP contribution in [-0.2, 0) is 10.0 Å². The van der Waals surface area contributed by atoms with E-state index in [4.69, 9.17) is 0 Å². The molecule has 0 atom stereocenters. The molecule has 7 heteroatoms. The molecule has 1 rings (SSSR count). The maximum Gasteiger partial charge on any atom is 0.255 e. The second-order valence-corrected chi connectivity index (χ2v) is 4.75.